The molecule has 0 aliphatic rings. The predicted molar refractivity (Wildman–Crippen MR) is 112 cm³/mol. The van der Waals surface area contributed by atoms with Crippen LogP contribution >= 0.6 is 11.8 Å². The van der Waals surface area contributed by atoms with Gasteiger partial charge in [-0.25, -0.2) is 0 Å². The molecule has 4 aromatic rings. The number of aromatic nitrogens is 4. The summed E-state index contributed by atoms with van der Waals surface area (Å²) in [5.41, 5.74) is 0.735. The minimum atomic E-state index is -0.0804. The normalized spacial score (nSPS) is 11.1. The molecule has 0 aliphatic carbocycles. The molecule has 0 atom stereocenters. The van der Waals surface area contributed by atoms with Gasteiger partial charge in [0, 0.05) is 12.3 Å². The zero-order valence-electron chi connectivity index (χ0n) is 15.3. The van der Waals surface area contributed by atoms with Gasteiger partial charge in [-0.3, -0.25) is 13.8 Å². The molecule has 0 bridgehead atoms. The number of ether oxygens (including phenoxy) is 1. The lowest BCUT2D eigenvalue weighted by Crippen LogP contribution is -2.22. The Morgan fingerprint density at radius 2 is 1.86 bits per heavy atom. The third kappa shape index (κ3) is 3.53. The lowest BCUT2D eigenvalue weighted by molar-refractivity contribution is 0.318. The molecule has 0 aliphatic heterocycles. The summed E-state index contributed by atoms with van der Waals surface area (Å²) in [7, 11) is 0. The van der Waals surface area contributed by atoms with E-state index in [0.29, 0.717) is 24.3 Å². The van der Waals surface area contributed by atoms with E-state index in [4.69, 9.17) is 4.74 Å². The van der Waals surface area contributed by atoms with Crippen molar-refractivity contribution in [3.8, 4) is 5.75 Å². The van der Waals surface area contributed by atoms with Gasteiger partial charge < -0.3 is 4.74 Å². The van der Waals surface area contributed by atoms with Crippen LogP contribution in [0.5, 0.6) is 5.75 Å². The van der Waals surface area contributed by atoms with Crippen molar-refractivity contribution < 1.29 is 4.74 Å². The van der Waals surface area contributed by atoms with Crippen molar-refractivity contribution in [2.45, 2.75) is 18.1 Å². The second-order valence-corrected chi connectivity index (χ2v) is 7.27. The van der Waals surface area contributed by atoms with E-state index in [1.807, 2.05) is 59.0 Å². The van der Waals surface area contributed by atoms with Crippen LogP contribution < -0.4 is 10.3 Å². The highest BCUT2D eigenvalue weighted by Crippen LogP contribution is 2.22. The Kier molecular flexibility index (Phi) is 5.43. The van der Waals surface area contributed by atoms with Crippen LogP contribution in [0.4, 0.5) is 0 Å². The summed E-state index contributed by atoms with van der Waals surface area (Å²) in [6.45, 7) is 4.77. The summed E-state index contributed by atoms with van der Waals surface area (Å²) in [6.07, 6.45) is 2.57. The monoisotopic (exact) mass is 392 g/mol. The van der Waals surface area contributed by atoms with Crippen LogP contribution in [0.1, 0.15) is 6.42 Å². The lowest BCUT2D eigenvalue weighted by atomic mass is 10.2. The van der Waals surface area contributed by atoms with Crippen LogP contribution in [-0.4, -0.2) is 31.5 Å². The number of allylic oxidation sites excluding steroid dienone is 1. The fourth-order valence-corrected chi connectivity index (χ4v) is 3.90. The Bertz CT molecular complexity index is 1170. The number of thioether (sulfide) groups is 1. The highest BCUT2D eigenvalue weighted by molar-refractivity contribution is 7.99. The Morgan fingerprint density at radius 3 is 2.68 bits per heavy atom. The Hall–Kier alpha value is -3.06. The SMILES string of the molecule is C=CCn1c(=O)c2ccccc2n2c(SCCCOc3ccccc3)nnc12. The van der Waals surface area contributed by atoms with E-state index >= 15 is 0 Å². The first-order valence-electron chi connectivity index (χ1n) is 9.08. The number of nitrogens with zero attached hydrogens (tertiary/aromatic N) is 4. The van der Waals surface area contributed by atoms with Gasteiger partial charge in [-0.2, -0.15) is 0 Å². The van der Waals surface area contributed by atoms with Crippen molar-refractivity contribution in [1.29, 1.82) is 0 Å². The van der Waals surface area contributed by atoms with Crippen molar-refractivity contribution in [3.63, 3.8) is 0 Å². The second kappa shape index (κ2) is 8.31. The van der Waals surface area contributed by atoms with Crippen LogP contribution in [0.2, 0.25) is 0 Å². The van der Waals surface area contributed by atoms with Gasteiger partial charge in [-0.1, -0.05) is 48.2 Å². The van der Waals surface area contributed by atoms with Gasteiger partial charge in [0.05, 0.1) is 17.5 Å². The summed E-state index contributed by atoms with van der Waals surface area (Å²) >= 11 is 1.61. The van der Waals surface area contributed by atoms with E-state index in [1.165, 1.54) is 0 Å². The molecule has 0 saturated carbocycles. The van der Waals surface area contributed by atoms with Crippen molar-refractivity contribution in [2.75, 3.05) is 12.4 Å². The van der Waals surface area contributed by atoms with Crippen LogP contribution in [0.3, 0.4) is 0 Å². The highest BCUT2D eigenvalue weighted by atomic mass is 32.2. The zero-order chi connectivity index (χ0) is 19.3. The topological polar surface area (TPSA) is 61.4 Å². The molecule has 0 fully saturated rings. The maximum atomic E-state index is 12.8. The fourth-order valence-electron chi connectivity index (χ4n) is 3.05. The molecule has 2 heterocycles. The Balaban J connectivity index is 1.56. The molecule has 0 N–H and O–H groups in total. The molecule has 6 nitrogen and oxygen atoms in total. The smallest absolute Gasteiger partial charge is 0.263 e. The fraction of sp³-hybridized carbons (Fsp3) is 0.190. The van der Waals surface area contributed by atoms with Crippen LogP contribution in [0, 0.1) is 0 Å². The average Bonchev–Trinajstić information content (AvgIpc) is 3.15. The van der Waals surface area contributed by atoms with Gasteiger partial charge in [-0.05, 0) is 30.7 Å². The number of benzene rings is 2. The third-order valence-corrected chi connectivity index (χ3v) is 5.34. The molecular weight excluding hydrogens is 372 g/mol. The van der Waals surface area contributed by atoms with Crippen molar-refractivity contribution >= 4 is 28.4 Å². The molecule has 142 valence electrons. The van der Waals surface area contributed by atoms with E-state index < -0.39 is 0 Å². The number of hydrogen-bond donors (Lipinski definition) is 0. The van der Waals surface area contributed by atoms with Gasteiger partial charge in [0.1, 0.15) is 5.75 Å². The first-order chi connectivity index (χ1) is 13.8. The van der Waals surface area contributed by atoms with Gasteiger partial charge in [-0.15, -0.1) is 16.8 Å². The predicted octanol–water partition coefficient (Wildman–Crippen LogP) is 3.79. The minimum Gasteiger partial charge on any atom is -0.494 e. The molecule has 7 heteroatoms. The van der Waals surface area contributed by atoms with E-state index in [1.54, 1.807) is 22.4 Å². The standard InChI is InChI=1S/C21H20N4O2S/c1-2-13-24-19(26)17-11-6-7-12-18(17)25-20(24)22-23-21(25)28-15-8-14-27-16-9-4-3-5-10-16/h2-7,9-12H,1,8,13-15H2. The largest absolute Gasteiger partial charge is 0.494 e. The van der Waals surface area contributed by atoms with E-state index in [2.05, 4.69) is 16.8 Å². The van der Waals surface area contributed by atoms with Crippen molar-refractivity contribution in [3.05, 3.63) is 77.6 Å². The second-order valence-electron chi connectivity index (χ2n) is 6.20. The molecule has 4 rings (SSSR count). The van der Waals surface area contributed by atoms with Crippen LogP contribution in [-0.2, 0) is 6.54 Å². The molecule has 0 saturated heterocycles. The molecule has 0 amide bonds. The molecule has 28 heavy (non-hydrogen) atoms. The molecule has 2 aromatic heterocycles. The van der Waals surface area contributed by atoms with Crippen molar-refractivity contribution in [2.24, 2.45) is 0 Å². The lowest BCUT2D eigenvalue weighted by Gasteiger charge is -2.09. The van der Waals surface area contributed by atoms with Gasteiger partial charge in [0.15, 0.2) is 5.16 Å². The first kappa shape index (κ1) is 18.3. The Morgan fingerprint density at radius 1 is 1.07 bits per heavy atom. The van der Waals surface area contributed by atoms with Gasteiger partial charge >= 0.3 is 0 Å². The van der Waals surface area contributed by atoms with Crippen LogP contribution in [0.15, 0.2) is 77.2 Å². The van der Waals surface area contributed by atoms with E-state index in [0.717, 1.165) is 28.6 Å². The first-order valence-corrected chi connectivity index (χ1v) is 10.1. The molecular formula is C21H20N4O2S. The average molecular weight is 392 g/mol. The zero-order valence-corrected chi connectivity index (χ0v) is 16.1. The molecule has 0 radical (unpaired) electrons. The Labute approximate surface area is 166 Å². The third-order valence-electron chi connectivity index (χ3n) is 4.32. The molecule has 2 aromatic carbocycles. The number of rotatable bonds is 8. The summed E-state index contributed by atoms with van der Waals surface area (Å²) in [5, 5.41) is 10.0. The summed E-state index contributed by atoms with van der Waals surface area (Å²) in [5.74, 6) is 2.24. The van der Waals surface area contributed by atoms with Crippen molar-refractivity contribution in [1.82, 2.24) is 19.2 Å². The summed E-state index contributed by atoms with van der Waals surface area (Å²) in [4.78, 5) is 12.8. The van der Waals surface area contributed by atoms with E-state index in [9.17, 15) is 4.79 Å². The quantitative estimate of drug-likeness (QED) is 0.259. The number of para-hydroxylation sites is 2. The van der Waals surface area contributed by atoms with Crippen LogP contribution in [0.25, 0.3) is 16.7 Å². The maximum absolute atomic E-state index is 12.8. The molecule has 0 unspecified atom stereocenters. The number of hydrogen-bond acceptors (Lipinski definition) is 5. The summed E-state index contributed by atoms with van der Waals surface area (Å²) in [6, 6.07) is 17.3. The van der Waals surface area contributed by atoms with Gasteiger partial charge in [0.2, 0.25) is 5.78 Å². The summed E-state index contributed by atoms with van der Waals surface area (Å²) < 4.78 is 9.29. The highest BCUT2D eigenvalue weighted by Gasteiger charge is 2.15. The van der Waals surface area contributed by atoms with Gasteiger partial charge in [0.25, 0.3) is 5.56 Å². The maximum Gasteiger partial charge on any atom is 0.263 e. The van der Waals surface area contributed by atoms with E-state index in [-0.39, 0.29) is 5.56 Å². The molecule has 0 spiro atoms. The number of fused-ring (bicyclic) bond motifs is 3. The minimum absolute atomic E-state index is 0.0804.